The SMILES string of the molecule is CC#CCn1cc(CNC2CC2)c(C)n1. The molecule has 0 bridgehead atoms. The molecule has 1 aromatic heterocycles. The molecule has 0 saturated heterocycles. The van der Waals surface area contributed by atoms with Gasteiger partial charge in [0.05, 0.1) is 5.69 Å². The molecule has 80 valence electrons. The first-order chi connectivity index (χ1) is 7.29. The van der Waals surface area contributed by atoms with Crippen molar-refractivity contribution in [2.45, 2.75) is 45.8 Å². The topological polar surface area (TPSA) is 29.9 Å². The van der Waals surface area contributed by atoms with Gasteiger partial charge in [-0.15, -0.1) is 5.92 Å². The molecule has 0 unspecified atom stereocenters. The van der Waals surface area contributed by atoms with E-state index in [1.807, 2.05) is 11.6 Å². The molecule has 3 nitrogen and oxygen atoms in total. The number of nitrogens with one attached hydrogen (secondary N) is 1. The van der Waals surface area contributed by atoms with Crippen LogP contribution >= 0.6 is 0 Å². The van der Waals surface area contributed by atoms with E-state index in [0.29, 0.717) is 6.54 Å². The molecule has 1 aromatic rings. The summed E-state index contributed by atoms with van der Waals surface area (Å²) < 4.78 is 1.91. The van der Waals surface area contributed by atoms with E-state index < -0.39 is 0 Å². The molecule has 15 heavy (non-hydrogen) atoms. The molecule has 1 aliphatic rings. The van der Waals surface area contributed by atoms with Crippen molar-refractivity contribution in [1.82, 2.24) is 15.1 Å². The third-order valence-electron chi connectivity index (χ3n) is 2.62. The van der Waals surface area contributed by atoms with Crippen molar-refractivity contribution in [1.29, 1.82) is 0 Å². The molecule has 1 aliphatic carbocycles. The lowest BCUT2D eigenvalue weighted by Gasteiger charge is -1.99. The first-order valence-corrected chi connectivity index (χ1v) is 5.45. The fourth-order valence-corrected chi connectivity index (χ4v) is 1.52. The Morgan fingerprint density at radius 3 is 3.07 bits per heavy atom. The second-order valence-electron chi connectivity index (χ2n) is 4.02. The van der Waals surface area contributed by atoms with E-state index in [1.165, 1.54) is 18.4 Å². The zero-order valence-electron chi connectivity index (χ0n) is 9.38. The predicted molar refractivity (Wildman–Crippen MR) is 60.3 cm³/mol. The Balaban J connectivity index is 1.95. The van der Waals surface area contributed by atoms with Crippen LogP contribution in [0.2, 0.25) is 0 Å². The second-order valence-corrected chi connectivity index (χ2v) is 4.02. The van der Waals surface area contributed by atoms with Crippen molar-refractivity contribution in [3.05, 3.63) is 17.5 Å². The van der Waals surface area contributed by atoms with E-state index in [1.54, 1.807) is 0 Å². The number of nitrogens with zero attached hydrogens (tertiary/aromatic N) is 2. The van der Waals surface area contributed by atoms with Crippen LogP contribution in [-0.4, -0.2) is 15.8 Å². The standard InChI is InChI=1S/C12H17N3/c1-3-4-7-15-9-11(10(2)14-15)8-13-12-5-6-12/h9,12-13H,5-8H2,1-2H3. The van der Waals surface area contributed by atoms with Crippen LogP contribution in [0.15, 0.2) is 6.20 Å². The normalized spacial score (nSPS) is 14.8. The summed E-state index contributed by atoms with van der Waals surface area (Å²) in [6, 6.07) is 0.753. The molecule has 0 spiro atoms. The van der Waals surface area contributed by atoms with Crippen LogP contribution in [0.5, 0.6) is 0 Å². The molecule has 1 fully saturated rings. The Hall–Kier alpha value is -1.27. The van der Waals surface area contributed by atoms with Crippen LogP contribution in [-0.2, 0) is 13.1 Å². The third kappa shape index (κ3) is 2.84. The number of hydrogen-bond donors (Lipinski definition) is 1. The monoisotopic (exact) mass is 203 g/mol. The Bertz CT molecular complexity index is 391. The van der Waals surface area contributed by atoms with Crippen molar-refractivity contribution in [3.63, 3.8) is 0 Å². The minimum atomic E-state index is 0.695. The summed E-state index contributed by atoms with van der Waals surface area (Å²) in [6.07, 6.45) is 4.75. The summed E-state index contributed by atoms with van der Waals surface area (Å²) in [7, 11) is 0. The van der Waals surface area contributed by atoms with Crippen molar-refractivity contribution in [2.24, 2.45) is 0 Å². The van der Waals surface area contributed by atoms with Gasteiger partial charge < -0.3 is 5.32 Å². The highest BCUT2D eigenvalue weighted by molar-refractivity contribution is 5.16. The highest BCUT2D eigenvalue weighted by atomic mass is 15.3. The Kier molecular flexibility index (Phi) is 3.08. The van der Waals surface area contributed by atoms with E-state index in [2.05, 4.69) is 35.4 Å². The summed E-state index contributed by atoms with van der Waals surface area (Å²) in [5.41, 5.74) is 2.40. The predicted octanol–water partition coefficient (Wildman–Crippen LogP) is 1.47. The van der Waals surface area contributed by atoms with Gasteiger partial charge in [0, 0.05) is 24.3 Å². The van der Waals surface area contributed by atoms with E-state index in [0.717, 1.165) is 18.3 Å². The minimum Gasteiger partial charge on any atom is -0.310 e. The van der Waals surface area contributed by atoms with Crippen molar-refractivity contribution in [2.75, 3.05) is 0 Å². The average molecular weight is 203 g/mol. The largest absolute Gasteiger partial charge is 0.310 e. The lowest BCUT2D eigenvalue weighted by molar-refractivity contribution is 0.683. The van der Waals surface area contributed by atoms with E-state index in [9.17, 15) is 0 Å². The molecular formula is C12H17N3. The number of hydrogen-bond acceptors (Lipinski definition) is 2. The molecule has 1 N–H and O–H groups in total. The van der Waals surface area contributed by atoms with Crippen molar-refractivity contribution < 1.29 is 0 Å². The maximum absolute atomic E-state index is 4.42. The summed E-state index contributed by atoms with van der Waals surface area (Å²) in [6.45, 7) is 5.54. The highest BCUT2D eigenvalue weighted by Gasteiger charge is 2.20. The first kappa shape index (κ1) is 10.3. The van der Waals surface area contributed by atoms with Crippen molar-refractivity contribution in [3.8, 4) is 11.8 Å². The van der Waals surface area contributed by atoms with Crippen LogP contribution in [0.25, 0.3) is 0 Å². The van der Waals surface area contributed by atoms with Crippen LogP contribution < -0.4 is 5.32 Å². The van der Waals surface area contributed by atoms with Crippen molar-refractivity contribution >= 4 is 0 Å². The summed E-state index contributed by atoms with van der Waals surface area (Å²) in [4.78, 5) is 0. The fraction of sp³-hybridized carbons (Fsp3) is 0.583. The highest BCUT2D eigenvalue weighted by Crippen LogP contribution is 2.19. The Morgan fingerprint density at radius 2 is 2.40 bits per heavy atom. The van der Waals surface area contributed by atoms with Crippen LogP contribution in [0.1, 0.15) is 31.0 Å². The summed E-state index contributed by atoms with van der Waals surface area (Å²) in [5.74, 6) is 5.89. The smallest absolute Gasteiger partial charge is 0.102 e. The number of rotatable bonds is 4. The van der Waals surface area contributed by atoms with Gasteiger partial charge >= 0.3 is 0 Å². The van der Waals surface area contributed by atoms with Crippen LogP contribution in [0.3, 0.4) is 0 Å². The second kappa shape index (κ2) is 4.50. The lowest BCUT2D eigenvalue weighted by Crippen LogP contribution is -2.15. The van der Waals surface area contributed by atoms with Gasteiger partial charge in [0.25, 0.3) is 0 Å². The molecule has 0 atom stereocenters. The number of aromatic nitrogens is 2. The quantitative estimate of drug-likeness (QED) is 0.751. The zero-order chi connectivity index (χ0) is 10.7. The summed E-state index contributed by atoms with van der Waals surface area (Å²) in [5, 5.41) is 7.91. The maximum atomic E-state index is 4.42. The molecule has 0 aliphatic heterocycles. The fourth-order valence-electron chi connectivity index (χ4n) is 1.52. The van der Waals surface area contributed by atoms with Gasteiger partial charge in [-0.1, -0.05) is 5.92 Å². The van der Waals surface area contributed by atoms with Crippen LogP contribution in [0.4, 0.5) is 0 Å². The van der Waals surface area contributed by atoms with Gasteiger partial charge in [0.1, 0.15) is 6.54 Å². The molecule has 1 heterocycles. The first-order valence-electron chi connectivity index (χ1n) is 5.45. The molecule has 1 saturated carbocycles. The van der Waals surface area contributed by atoms with Gasteiger partial charge in [-0.3, -0.25) is 4.68 Å². The van der Waals surface area contributed by atoms with Gasteiger partial charge in [-0.05, 0) is 26.7 Å². The lowest BCUT2D eigenvalue weighted by atomic mass is 10.2. The Labute approximate surface area is 90.9 Å². The van der Waals surface area contributed by atoms with E-state index >= 15 is 0 Å². The average Bonchev–Trinajstić information content (AvgIpc) is 2.98. The van der Waals surface area contributed by atoms with Gasteiger partial charge in [0.15, 0.2) is 0 Å². The number of aryl methyl sites for hydroxylation is 1. The molecule has 0 aromatic carbocycles. The minimum absolute atomic E-state index is 0.695. The van der Waals surface area contributed by atoms with Gasteiger partial charge in [-0.2, -0.15) is 5.10 Å². The van der Waals surface area contributed by atoms with Crippen LogP contribution in [0, 0.1) is 18.8 Å². The van der Waals surface area contributed by atoms with Gasteiger partial charge in [0.2, 0.25) is 0 Å². The third-order valence-corrected chi connectivity index (χ3v) is 2.62. The molecule has 2 rings (SSSR count). The maximum Gasteiger partial charge on any atom is 0.102 e. The van der Waals surface area contributed by atoms with E-state index in [-0.39, 0.29) is 0 Å². The van der Waals surface area contributed by atoms with E-state index in [4.69, 9.17) is 0 Å². The molecule has 3 heteroatoms. The zero-order valence-corrected chi connectivity index (χ0v) is 9.38. The molecule has 0 radical (unpaired) electrons. The Morgan fingerprint density at radius 1 is 1.60 bits per heavy atom. The molecular weight excluding hydrogens is 186 g/mol. The molecule has 0 amide bonds. The summed E-state index contributed by atoms with van der Waals surface area (Å²) >= 11 is 0. The van der Waals surface area contributed by atoms with Gasteiger partial charge in [-0.25, -0.2) is 0 Å².